The molecule has 0 aliphatic carbocycles. The van der Waals surface area contributed by atoms with E-state index in [1.807, 2.05) is 35.9 Å². The van der Waals surface area contributed by atoms with E-state index in [4.69, 9.17) is 10.2 Å². The molecule has 0 amide bonds. The van der Waals surface area contributed by atoms with Crippen LogP contribution in [0, 0.1) is 12.7 Å². The molecule has 1 aliphatic heterocycles. The van der Waals surface area contributed by atoms with Gasteiger partial charge in [0.1, 0.15) is 17.3 Å². The largest absolute Gasteiger partial charge is 0.396 e. The number of hydrogen-bond acceptors (Lipinski definition) is 5. The van der Waals surface area contributed by atoms with Gasteiger partial charge in [-0.25, -0.2) is 9.07 Å². The van der Waals surface area contributed by atoms with E-state index in [2.05, 4.69) is 4.90 Å². The minimum Gasteiger partial charge on any atom is -0.396 e. The first-order chi connectivity index (χ1) is 16.1. The number of fused-ring (bicyclic) bond motifs is 1. The Balaban J connectivity index is 1.72. The monoisotopic (exact) mass is 445 g/mol. The highest BCUT2D eigenvalue weighted by Crippen LogP contribution is 2.40. The molecule has 0 saturated carbocycles. The van der Waals surface area contributed by atoms with Crippen molar-refractivity contribution in [3.63, 3.8) is 0 Å². The summed E-state index contributed by atoms with van der Waals surface area (Å²) in [5, 5.41) is 18.9. The maximum absolute atomic E-state index is 13.6. The van der Waals surface area contributed by atoms with Gasteiger partial charge < -0.3 is 10.0 Å². The van der Waals surface area contributed by atoms with Gasteiger partial charge in [-0.15, -0.1) is 0 Å². The summed E-state index contributed by atoms with van der Waals surface area (Å²) >= 11 is 0. The number of aromatic nitrogens is 4. The lowest BCUT2D eigenvalue weighted by molar-refractivity contribution is 0.290. The van der Waals surface area contributed by atoms with Crippen molar-refractivity contribution in [2.45, 2.75) is 19.9 Å². The number of aliphatic hydroxyl groups excluding tert-OH is 1. The third-order valence-electron chi connectivity index (χ3n) is 5.91. The molecule has 5 rings (SSSR count). The average molecular weight is 445 g/mol. The lowest BCUT2D eigenvalue weighted by atomic mass is 10.0. The number of halogens is 1. The molecule has 0 radical (unpaired) electrons. The molecule has 4 aromatic rings. The van der Waals surface area contributed by atoms with Crippen LogP contribution < -0.4 is 10.5 Å². The Morgan fingerprint density at radius 1 is 1.00 bits per heavy atom. The summed E-state index contributed by atoms with van der Waals surface area (Å²) in [4.78, 5) is 14.9. The summed E-state index contributed by atoms with van der Waals surface area (Å²) in [5.41, 5.74) is 4.28. The quantitative estimate of drug-likeness (QED) is 0.492. The second kappa shape index (κ2) is 8.63. The van der Waals surface area contributed by atoms with Crippen LogP contribution in [0.2, 0.25) is 0 Å². The third kappa shape index (κ3) is 3.82. The molecule has 33 heavy (non-hydrogen) atoms. The van der Waals surface area contributed by atoms with Gasteiger partial charge in [-0.3, -0.25) is 4.79 Å². The minimum absolute atomic E-state index is 0.0984. The summed E-state index contributed by atoms with van der Waals surface area (Å²) < 4.78 is 16.9. The molecule has 0 unspecified atom stereocenters. The van der Waals surface area contributed by atoms with Crippen LogP contribution in [0.3, 0.4) is 0 Å². The summed E-state index contributed by atoms with van der Waals surface area (Å²) in [6.07, 6.45) is 0.632. The van der Waals surface area contributed by atoms with Crippen LogP contribution in [0.25, 0.3) is 28.2 Å². The lowest BCUT2D eigenvalue weighted by Gasteiger charge is -2.19. The zero-order valence-corrected chi connectivity index (χ0v) is 18.3. The standard InChI is InChI=1S/C25H24FN5O2/c1-17-5-2-3-6-21(17)31-22(33)12-11-20(27-31)23-24(18-7-9-19(26)10-8-18)28-30-15-14-29(25(23)30)13-4-16-32/h2-3,5-12,32H,4,13-16H2,1H3. The van der Waals surface area contributed by atoms with E-state index in [9.17, 15) is 14.3 Å². The maximum Gasteiger partial charge on any atom is 0.271 e. The van der Waals surface area contributed by atoms with Crippen molar-refractivity contribution in [1.82, 2.24) is 19.6 Å². The number of rotatable bonds is 6. The number of aryl methyl sites for hydroxylation is 1. The summed E-state index contributed by atoms with van der Waals surface area (Å²) in [7, 11) is 0. The van der Waals surface area contributed by atoms with Crippen LogP contribution in [0.4, 0.5) is 10.2 Å². The molecule has 0 bridgehead atoms. The number of para-hydroxylation sites is 1. The van der Waals surface area contributed by atoms with Gasteiger partial charge in [0.05, 0.1) is 23.5 Å². The van der Waals surface area contributed by atoms with E-state index in [0.717, 1.165) is 29.1 Å². The fourth-order valence-corrected chi connectivity index (χ4v) is 4.29. The van der Waals surface area contributed by atoms with Gasteiger partial charge in [0.15, 0.2) is 0 Å². The fourth-order valence-electron chi connectivity index (χ4n) is 4.29. The van der Waals surface area contributed by atoms with Gasteiger partial charge in [0.25, 0.3) is 5.56 Å². The molecule has 0 fully saturated rings. The van der Waals surface area contributed by atoms with Gasteiger partial charge in [0.2, 0.25) is 0 Å². The molecule has 2 aromatic carbocycles. The Hall–Kier alpha value is -3.78. The van der Waals surface area contributed by atoms with Crippen molar-refractivity contribution in [2.24, 2.45) is 0 Å². The fraction of sp³-hybridized carbons (Fsp3) is 0.240. The molecular weight excluding hydrogens is 421 g/mol. The molecule has 2 aromatic heterocycles. The smallest absolute Gasteiger partial charge is 0.271 e. The van der Waals surface area contributed by atoms with E-state index in [1.54, 1.807) is 18.2 Å². The van der Waals surface area contributed by atoms with Crippen molar-refractivity contribution in [2.75, 3.05) is 24.6 Å². The molecule has 0 saturated heterocycles. The predicted molar refractivity (Wildman–Crippen MR) is 125 cm³/mol. The van der Waals surface area contributed by atoms with E-state index < -0.39 is 0 Å². The van der Waals surface area contributed by atoms with E-state index in [0.29, 0.717) is 36.6 Å². The van der Waals surface area contributed by atoms with Crippen LogP contribution in [-0.2, 0) is 6.54 Å². The number of aliphatic hydroxyl groups is 1. The first-order valence-electron chi connectivity index (χ1n) is 11.0. The first kappa shape index (κ1) is 21.1. The Morgan fingerprint density at radius 3 is 2.55 bits per heavy atom. The van der Waals surface area contributed by atoms with Gasteiger partial charge in [-0.1, -0.05) is 18.2 Å². The molecule has 0 spiro atoms. The second-order valence-electron chi connectivity index (χ2n) is 8.10. The highest BCUT2D eigenvalue weighted by atomic mass is 19.1. The van der Waals surface area contributed by atoms with Crippen LogP contribution in [0.15, 0.2) is 65.5 Å². The molecule has 0 atom stereocenters. The van der Waals surface area contributed by atoms with Crippen molar-refractivity contribution >= 4 is 5.82 Å². The van der Waals surface area contributed by atoms with Crippen molar-refractivity contribution in [3.8, 4) is 28.2 Å². The van der Waals surface area contributed by atoms with Crippen molar-refractivity contribution in [1.29, 1.82) is 0 Å². The Labute approximate surface area is 190 Å². The predicted octanol–water partition coefficient (Wildman–Crippen LogP) is 3.41. The highest BCUT2D eigenvalue weighted by molar-refractivity contribution is 5.88. The Bertz CT molecular complexity index is 1360. The van der Waals surface area contributed by atoms with Crippen LogP contribution >= 0.6 is 0 Å². The minimum atomic E-state index is -0.317. The van der Waals surface area contributed by atoms with Crippen LogP contribution in [0.5, 0.6) is 0 Å². The lowest BCUT2D eigenvalue weighted by Crippen LogP contribution is -2.24. The molecule has 168 valence electrons. The molecule has 1 aliphatic rings. The number of anilines is 1. The number of hydrogen-bond donors (Lipinski definition) is 1. The van der Waals surface area contributed by atoms with E-state index in [-0.39, 0.29) is 18.0 Å². The maximum atomic E-state index is 13.6. The second-order valence-corrected chi connectivity index (χ2v) is 8.10. The average Bonchev–Trinajstić information content (AvgIpc) is 3.39. The number of benzene rings is 2. The van der Waals surface area contributed by atoms with Gasteiger partial charge in [0, 0.05) is 31.3 Å². The summed E-state index contributed by atoms with van der Waals surface area (Å²) in [5.74, 6) is 0.577. The topological polar surface area (TPSA) is 76.2 Å². The zero-order chi connectivity index (χ0) is 22.9. The van der Waals surface area contributed by atoms with Crippen molar-refractivity contribution < 1.29 is 9.50 Å². The Morgan fingerprint density at radius 2 is 1.79 bits per heavy atom. The molecule has 7 nitrogen and oxygen atoms in total. The Kier molecular flexibility index (Phi) is 5.51. The number of nitrogens with zero attached hydrogens (tertiary/aromatic N) is 5. The first-order valence-corrected chi connectivity index (χ1v) is 11.0. The SMILES string of the molecule is Cc1ccccc1-n1nc(-c2c(-c3ccc(F)cc3)nn3c2N(CCCO)CC3)ccc1=O. The van der Waals surface area contributed by atoms with Crippen LogP contribution in [-0.4, -0.2) is 44.4 Å². The molecular formula is C25H24FN5O2. The molecule has 1 N–H and O–H groups in total. The van der Waals surface area contributed by atoms with Crippen molar-refractivity contribution in [3.05, 3.63) is 82.4 Å². The van der Waals surface area contributed by atoms with E-state index in [1.165, 1.54) is 22.9 Å². The van der Waals surface area contributed by atoms with E-state index >= 15 is 0 Å². The third-order valence-corrected chi connectivity index (χ3v) is 5.91. The highest BCUT2D eigenvalue weighted by Gasteiger charge is 2.30. The van der Waals surface area contributed by atoms with Gasteiger partial charge >= 0.3 is 0 Å². The summed E-state index contributed by atoms with van der Waals surface area (Å²) in [6, 6.07) is 17.1. The summed E-state index contributed by atoms with van der Waals surface area (Å²) in [6.45, 7) is 4.19. The van der Waals surface area contributed by atoms with Gasteiger partial charge in [-0.2, -0.15) is 14.9 Å². The van der Waals surface area contributed by atoms with Crippen LogP contribution in [0.1, 0.15) is 12.0 Å². The van der Waals surface area contributed by atoms with Gasteiger partial charge in [-0.05, 0) is 55.3 Å². The normalized spacial score (nSPS) is 12.9. The molecule has 8 heteroatoms. The molecule has 3 heterocycles. The zero-order valence-electron chi connectivity index (χ0n) is 18.3.